The summed E-state index contributed by atoms with van der Waals surface area (Å²) in [5.74, 6) is 0.0529. The van der Waals surface area contributed by atoms with Gasteiger partial charge in [0.05, 0.1) is 36.2 Å². The van der Waals surface area contributed by atoms with Crippen molar-refractivity contribution in [2.24, 2.45) is 0 Å². The zero-order valence-corrected chi connectivity index (χ0v) is 16.1. The van der Waals surface area contributed by atoms with Gasteiger partial charge in [-0.15, -0.1) is 0 Å². The van der Waals surface area contributed by atoms with E-state index in [4.69, 9.17) is 23.2 Å². The molecule has 1 saturated heterocycles. The summed E-state index contributed by atoms with van der Waals surface area (Å²) in [5.41, 5.74) is 1.11. The van der Waals surface area contributed by atoms with Crippen LogP contribution in [0, 0.1) is 0 Å². The highest BCUT2D eigenvalue weighted by Gasteiger charge is 2.57. The molecule has 1 saturated carbocycles. The van der Waals surface area contributed by atoms with Crippen LogP contribution in [0.1, 0.15) is 51.0 Å². The summed E-state index contributed by atoms with van der Waals surface area (Å²) in [5, 5.41) is 4.47. The zero-order valence-electron chi connectivity index (χ0n) is 14.6. The van der Waals surface area contributed by atoms with Crippen molar-refractivity contribution in [3.05, 3.63) is 33.8 Å². The molecule has 132 valence electrons. The SMILES string of the molecule is CC(=O)N[C@@H]1CCCC[C@]1(c1ccc(Cl)c(Cl)c1)[N+]1(C)CCCC1. The van der Waals surface area contributed by atoms with Gasteiger partial charge in [0.25, 0.3) is 0 Å². The number of likely N-dealkylation sites (N-methyl/N-ethyl adjacent to an activating group) is 1. The van der Waals surface area contributed by atoms with Crippen LogP contribution < -0.4 is 5.32 Å². The molecule has 1 aliphatic heterocycles. The Hall–Kier alpha value is -0.770. The van der Waals surface area contributed by atoms with Crippen molar-refractivity contribution in [1.29, 1.82) is 0 Å². The lowest BCUT2D eigenvalue weighted by Crippen LogP contribution is -2.68. The number of carbonyl (C=O) groups excluding carboxylic acids is 1. The molecule has 0 unspecified atom stereocenters. The van der Waals surface area contributed by atoms with Crippen molar-refractivity contribution >= 4 is 29.1 Å². The Morgan fingerprint density at radius 1 is 1.17 bits per heavy atom. The van der Waals surface area contributed by atoms with Crippen molar-refractivity contribution in [1.82, 2.24) is 5.32 Å². The average molecular weight is 370 g/mol. The monoisotopic (exact) mass is 369 g/mol. The largest absolute Gasteiger partial charge is 0.347 e. The van der Waals surface area contributed by atoms with E-state index in [0.29, 0.717) is 10.0 Å². The van der Waals surface area contributed by atoms with E-state index < -0.39 is 0 Å². The normalized spacial score (nSPS) is 29.4. The van der Waals surface area contributed by atoms with Crippen LogP contribution in [0.15, 0.2) is 18.2 Å². The van der Waals surface area contributed by atoms with Crippen LogP contribution in [0.2, 0.25) is 10.0 Å². The lowest BCUT2D eigenvalue weighted by atomic mass is 9.70. The van der Waals surface area contributed by atoms with Gasteiger partial charge in [0.1, 0.15) is 5.54 Å². The van der Waals surface area contributed by atoms with Crippen LogP contribution in [-0.2, 0) is 10.3 Å². The Balaban J connectivity index is 2.15. The minimum Gasteiger partial charge on any atom is -0.347 e. The fourth-order valence-corrected chi connectivity index (χ4v) is 5.39. The first-order chi connectivity index (χ1) is 11.4. The Labute approximate surface area is 154 Å². The van der Waals surface area contributed by atoms with Crippen molar-refractivity contribution in [2.45, 2.75) is 57.0 Å². The molecular formula is C19H27Cl2N2O+. The second-order valence-electron chi connectivity index (χ2n) is 7.60. The third-order valence-corrected chi connectivity index (χ3v) is 6.93. The number of halogens is 2. The summed E-state index contributed by atoms with van der Waals surface area (Å²) in [6.45, 7) is 3.92. The number of likely N-dealkylation sites (tertiary alicyclic amines) is 1. The quantitative estimate of drug-likeness (QED) is 0.780. The minimum atomic E-state index is -0.116. The molecule has 1 aliphatic carbocycles. The molecule has 0 spiro atoms. The van der Waals surface area contributed by atoms with Crippen LogP contribution in [0.4, 0.5) is 0 Å². The predicted octanol–water partition coefficient (Wildman–Crippen LogP) is 4.51. The second kappa shape index (κ2) is 6.86. The number of nitrogens with one attached hydrogen (secondary N) is 1. The molecule has 1 amide bonds. The Kier molecular flexibility index (Phi) is 5.15. The summed E-state index contributed by atoms with van der Waals surface area (Å²) in [7, 11) is 2.36. The zero-order chi connectivity index (χ0) is 17.4. The van der Waals surface area contributed by atoms with Gasteiger partial charge in [-0.2, -0.15) is 0 Å². The van der Waals surface area contributed by atoms with Crippen molar-refractivity contribution in [3.8, 4) is 0 Å². The van der Waals surface area contributed by atoms with Crippen LogP contribution in [0.5, 0.6) is 0 Å². The van der Waals surface area contributed by atoms with Crippen LogP contribution in [0.3, 0.4) is 0 Å². The summed E-state index contributed by atoms with van der Waals surface area (Å²) < 4.78 is 0.982. The number of hydrogen-bond donors (Lipinski definition) is 1. The van der Waals surface area contributed by atoms with E-state index in [2.05, 4.69) is 18.4 Å². The molecule has 1 aromatic carbocycles. The molecular weight excluding hydrogens is 343 g/mol. The molecule has 1 heterocycles. The van der Waals surface area contributed by atoms with Gasteiger partial charge in [0, 0.05) is 31.7 Å². The van der Waals surface area contributed by atoms with Gasteiger partial charge in [-0.3, -0.25) is 4.79 Å². The standard InChI is InChI=1S/C19H26Cl2N2O/c1-14(24)22-18-7-3-4-10-19(18,23(2)11-5-6-12-23)15-8-9-16(20)17(21)13-15/h8-9,13,18H,3-7,10-12H2,1-2H3/p+1/t18-,19-/m1/s1. The van der Waals surface area contributed by atoms with Crippen LogP contribution >= 0.6 is 23.2 Å². The van der Waals surface area contributed by atoms with Crippen molar-refractivity contribution in [3.63, 3.8) is 0 Å². The maximum Gasteiger partial charge on any atom is 0.217 e. The predicted molar refractivity (Wildman–Crippen MR) is 99.4 cm³/mol. The molecule has 3 rings (SSSR count). The van der Waals surface area contributed by atoms with Crippen molar-refractivity contribution in [2.75, 3.05) is 20.1 Å². The van der Waals surface area contributed by atoms with E-state index in [1.807, 2.05) is 12.1 Å². The van der Waals surface area contributed by atoms with E-state index in [0.717, 1.165) is 36.8 Å². The smallest absolute Gasteiger partial charge is 0.217 e. The molecule has 0 radical (unpaired) electrons. The Morgan fingerprint density at radius 3 is 2.50 bits per heavy atom. The molecule has 0 bridgehead atoms. The topological polar surface area (TPSA) is 29.1 Å². The number of amides is 1. The van der Waals surface area contributed by atoms with Crippen LogP contribution in [0.25, 0.3) is 0 Å². The maximum absolute atomic E-state index is 11.9. The number of quaternary nitrogens is 1. The summed E-state index contributed by atoms with van der Waals surface area (Å²) in [6, 6.07) is 6.20. The molecule has 3 nitrogen and oxygen atoms in total. The minimum absolute atomic E-state index is 0.0529. The number of carbonyl (C=O) groups is 1. The highest BCUT2D eigenvalue weighted by molar-refractivity contribution is 6.42. The molecule has 0 aromatic heterocycles. The van der Waals surface area contributed by atoms with Gasteiger partial charge < -0.3 is 9.80 Å². The average Bonchev–Trinajstić information content (AvgIpc) is 2.98. The van der Waals surface area contributed by atoms with E-state index in [9.17, 15) is 4.79 Å². The molecule has 24 heavy (non-hydrogen) atoms. The van der Waals surface area contributed by atoms with E-state index in [1.54, 1.807) is 6.92 Å². The van der Waals surface area contributed by atoms with Crippen LogP contribution in [-0.4, -0.2) is 36.6 Å². The molecule has 5 heteroatoms. The number of hydrogen-bond acceptors (Lipinski definition) is 1. The molecule has 1 N–H and O–H groups in total. The van der Waals surface area contributed by atoms with Gasteiger partial charge in [-0.25, -0.2) is 0 Å². The lowest BCUT2D eigenvalue weighted by molar-refractivity contribution is -0.960. The molecule has 1 aromatic rings. The van der Waals surface area contributed by atoms with Gasteiger partial charge >= 0.3 is 0 Å². The third-order valence-electron chi connectivity index (χ3n) is 6.19. The van der Waals surface area contributed by atoms with Gasteiger partial charge in [-0.1, -0.05) is 35.7 Å². The van der Waals surface area contributed by atoms with E-state index in [-0.39, 0.29) is 17.5 Å². The highest BCUT2D eigenvalue weighted by Crippen LogP contribution is 2.49. The highest BCUT2D eigenvalue weighted by atomic mass is 35.5. The van der Waals surface area contributed by atoms with Gasteiger partial charge in [0.2, 0.25) is 5.91 Å². The second-order valence-corrected chi connectivity index (χ2v) is 8.42. The third kappa shape index (κ3) is 2.95. The Morgan fingerprint density at radius 2 is 1.88 bits per heavy atom. The van der Waals surface area contributed by atoms with Gasteiger partial charge in [-0.05, 0) is 25.0 Å². The first-order valence-corrected chi connectivity index (χ1v) is 9.72. The number of rotatable bonds is 3. The summed E-state index contributed by atoms with van der Waals surface area (Å²) in [6.07, 6.45) is 6.93. The Bertz CT molecular complexity index is 628. The lowest BCUT2D eigenvalue weighted by Gasteiger charge is -2.55. The molecule has 2 fully saturated rings. The fourth-order valence-electron chi connectivity index (χ4n) is 5.09. The first-order valence-electron chi connectivity index (χ1n) is 8.96. The molecule has 2 aliphatic rings. The van der Waals surface area contributed by atoms with E-state index in [1.165, 1.54) is 24.8 Å². The van der Waals surface area contributed by atoms with Gasteiger partial charge in [0.15, 0.2) is 0 Å². The number of nitrogens with zero attached hydrogens (tertiary/aromatic N) is 1. The maximum atomic E-state index is 11.9. The summed E-state index contributed by atoms with van der Waals surface area (Å²) in [4.78, 5) is 11.9. The number of benzene rings is 1. The summed E-state index contributed by atoms with van der Waals surface area (Å²) >= 11 is 12.5. The first kappa shape index (κ1) is 18.0. The fraction of sp³-hybridized carbons (Fsp3) is 0.632. The van der Waals surface area contributed by atoms with E-state index >= 15 is 0 Å². The molecule has 2 atom stereocenters. The van der Waals surface area contributed by atoms with Crippen molar-refractivity contribution < 1.29 is 9.28 Å².